The van der Waals surface area contributed by atoms with E-state index in [1.165, 1.54) is 0 Å². The summed E-state index contributed by atoms with van der Waals surface area (Å²) < 4.78 is 35.0. The molecule has 0 aromatic carbocycles. The number of H-pyrrole nitrogens is 2. The van der Waals surface area contributed by atoms with Crippen molar-refractivity contribution in [2.75, 3.05) is 29.5 Å². The minimum atomic E-state index is -4.19. The molecule has 2 aromatic rings. The van der Waals surface area contributed by atoms with Gasteiger partial charge in [0, 0.05) is 6.54 Å². The van der Waals surface area contributed by atoms with Gasteiger partial charge in [-0.2, -0.15) is 23.4 Å². The molecule has 0 saturated carbocycles. The molecule has 16 heteroatoms. The van der Waals surface area contributed by atoms with E-state index >= 15 is 0 Å². The van der Waals surface area contributed by atoms with Crippen LogP contribution in [0, 0.1) is 0 Å². The molecule has 0 fully saturated rings. The van der Waals surface area contributed by atoms with Gasteiger partial charge >= 0.3 is 5.69 Å². The normalized spacial score (nSPS) is 11.1. The van der Waals surface area contributed by atoms with Crippen LogP contribution in [0.15, 0.2) is 9.59 Å². The third-order valence-corrected chi connectivity index (χ3v) is 3.89. The van der Waals surface area contributed by atoms with Crippen molar-refractivity contribution in [3.8, 4) is 5.88 Å². The molecule has 0 radical (unpaired) electrons. The Kier molecular flexibility index (Phi) is 7.34. The van der Waals surface area contributed by atoms with Gasteiger partial charge in [-0.1, -0.05) is 6.92 Å². The lowest BCUT2D eigenvalue weighted by molar-refractivity contribution is -0.120. The Morgan fingerprint density at radius 1 is 1.17 bits per heavy atom. The summed E-state index contributed by atoms with van der Waals surface area (Å²) in [6.45, 7) is 2.51. The highest BCUT2D eigenvalue weighted by atomic mass is 32.2. The van der Waals surface area contributed by atoms with E-state index in [2.05, 4.69) is 40.6 Å². The summed E-state index contributed by atoms with van der Waals surface area (Å²) in [5.74, 6) is -1.00. The first-order chi connectivity index (χ1) is 13.7. The van der Waals surface area contributed by atoms with Gasteiger partial charge in [0.1, 0.15) is 5.82 Å². The predicted molar refractivity (Wildman–Crippen MR) is 99.8 cm³/mol. The summed E-state index contributed by atoms with van der Waals surface area (Å²) in [6.07, 6.45) is 0. The minimum absolute atomic E-state index is 0.0161. The minimum Gasteiger partial charge on any atom is -0.409 e. The number of rotatable bonds is 11. The quantitative estimate of drug-likeness (QED) is 0.167. The van der Waals surface area contributed by atoms with Crippen LogP contribution in [0.25, 0.3) is 0 Å². The van der Waals surface area contributed by atoms with Gasteiger partial charge in [0.15, 0.2) is 5.69 Å². The molecule has 0 bridgehead atoms. The zero-order valence-electron chi connectivity index (χ0n) is 15.1. The van der Waals surface area contributed by atoms with E-state index < -0.39 is 33.0 Å². The maximum Gasteiger partial charge on any atom is 0.328 e. The number of hydrogen-bond acceptors (Lipinski definition) is 12. The van der Waals surface area contributed by atoms with Gasteiger partial charge < -0.3 is 20.7 Å². The number of aromatic nitrogens is 5. The van der Waals surface area contributed by atoms with Gasteiger partial charge in [-0.25, -0.2) is 4.79 Å². The number of nitrogens with zero attached hydrogens (tertiary/aromatic N) is 3. The second-order valence-corrected chi connectivity index (χ2v) is 6.92. The van der Waals surface area contributed by atoms with Crippen molar-refractivity contribution in [2.24, 2.45) is 0 Å². The van der Waals surface area contributed by atoms with E-state index in [4.69, 9.17) is 4.55 Å². The van der Waals surface area contributed by atoms with Gasteiger partial charge in [0.05, 0.1) is 12.3 Å². The number of carbonyl (C=O) groups excluding carboxylic acids is 1. The van der Waals surface area contributed by atoms with E-state index in [0.29, 0.717) is 6.54 Å². The molecule has 0 aliphatic carbocycles. The first kappa shape index (κ1) is 21.9. The summed E-state index contributed by atoms with van der Waals surface area (Å²) in [5, 5.41) is 8.11. The van der Waals surface area contributed by atoms with E-state index in [-0.39, 0.29) is 43.0 Å². The van der Waals surface area contributed by atoms with Gasteiger partial charge in [0.25, 0.3) is 22.1 Å². The number of ether oxygens (including phenoxy) is 1. The van der Waals surface area contributed by atoms with Crippen molar-refractivity contribution in [3.05, 3.63) is 26.7 Å². The topological polar surface area (TPSA) is 221 Å². The number of hydrogen-bond donors (Lipinski definition) is 6. The Hall–Kier alpha value is -3.37. The first-order valence-electron chi connectivity index (χ1n) is 8.10. The molecule has 0 atom stereocenters. The van der Waals surface area contributed by atoms with Crippen LogP contribution in [0.5, 0.6) is 5.88 Å². The summed E-state index contributed by atoms with van der Waals surface area (Å²) in [4.78, 5) is 50.3. The molecule has 29 heavy (non-hydrogen) atoms. The number of anilines is 3. The largest absolute Gasteiger partial charge is 0.409 e. The van der Waals surface area contributed by atoms with Crippen LogP contribution in [-0.4, -0.2) is 63.2 Å². The highest BCUT2D eigenvalue weighted by molar-refractivity contribution is 7.85. The molecular weight excluding hydrogens is 412 g/mol. The van der Waals surface area contributed by atoms with Crippen LogP contribution < -0.4 is 31.9 Å². The monoisotopic (exact) mass is 430 g/mol. The van der Waals surface area contributed by atoms with Gasteiger partial charge in [-0.15, -0.1) is 0 Å². The molecule has 0 aliphatic heterocycles. The number of aromatic amines is 2. The van der Waals surface area contributed by atoms with E-state index in [9.17, 15) is 22.8 Å². The van der Waals surface area contributed by atoms with Crippen LogP contribution in [0.2, 0.25) is 0 Å². The van der Waals surface area contributed by atoms with Crippen molar-refractivity contribution in [1.29, 1.82) is 0 Å². The fourth-order valence-corrected chi connectivity index (χ4v) is 2.35. The van der Waals surface area contributed by atoms with Crippen molar-refractivity contribution in [1.82, 2.24) is 30.2 Å². The zero-order valence-corrected chi connectivity index (χ0v) is 15.9. The summed E-state index contributed by atoms with van der Waals surface area (Å²) in [7, 11) is -4.19. The third-order valence-electron chi connectivity index (χ3n) is 3.17. The first-order valence-corrected chi connectivity index (χ1v) is 9.71. The molecule has 0 spiro atoms. The summed E-state index contributed by atoms with van der Waals surface area (Å²) in [6, 6.07) is 0. The highest BCUT2D eigenvalue weighted by Gasteiger charge is 2.15. The summed E-state index contributed by atoms with van der Waals surface area (Å²) in [5.41, 5.74) is -2.14. The molecule has 2 rings (SSSR count). The van der Waals surface area contributed by atoms with E-state index in [0.717, 1.165) is 0 Å². The fourth-order valence-electron chi connectivity index (χ4n) is 1.99. The second kappa shape index (κ2) is 9.71. The van der Waals surface area contributed by atoms with Crippen molar-refractivity contribution >= 4 is 34.2 Å². The molecule has 15 nitrogen and oxygen atoms in total. The Labute approximate surface area is 163 Å². The summed E-state index contributed by atoms with van der Waals surface area (Å²) >= 11 is 0. The molecule has 0 saturated heterocycles. The van der Waals surface area contributed by atoms with E-state index in [1.807, 2.05) is 11.9 Å². The van der Waals surface area contributed by atoms with Crippen molar-refractivity contribution in [2.45, 2.75) is 13.5 Å². The maximum absolute atomic E-state index is 12.0. The highest BCUT2D eigenvalue weighted by Crippen LogP contribution is 2.18. The smallest absolute Gasteiger partial charge is 0.328 e. The number of carbonyl (C=O) groups is 1. The average Bonchev–Trinajstić information content (AvgIpc) is 2.62. The van der Waals surface area contributed by atoms with Crippen LogP contribution in [0.4, 0.5) is 17.6 Å². The fraction of sp³-hybridized carbons (Fsp3) is 0.385. The Balaban J connectivity index is 2.36. The van der Waals surface area contributed by atoms with Gasteiger partial charge in [-0.05, 0) is 6.54 Å². The molecule has 2 aromatic heterocycles. The molecule has 158 valence electrons. The molecule has 0 aliphatic rings. The SMILES string of the molecule is CCNCc1nc(NCCS(=O)(=O)O)nc(Nc2c(OC=O)[nH]c(=O)[nH]c2=O)n1. The Morgan fingerprint density at radius 2 is 1.90 bits per heavy atom. The Morgan fingerprint density at radius 3 is 2.55 bits per heavy atom. The lowest BCUT2D eigenvalue weighted by atomic mass is 10.5. The zero-order chi connectivity index (χ0) is 21.4. The molecule has 0 unspecified atom stereocenters. The average molecular weight is 430 g/mol. The van der Waals surface area contributed by atoms with Crippen molar-refractivity contribution < 1.29 is 22.5 Å². The van der Waals surface area contributed by atoms with E-state index in [1.54, 1.807) is 0 Å². The van der Waals surface area contributed by atoms with Crippen LogP contribution >= 0.6 is 0 Å². The third kappa shape index (κ3) is 6.94. The molecule has 6 N–H and O–H groups in total. The lowest BCUT2D eigenvalue weighted by Gasteiger charge is -2.11. The van der Waals surface area contributed by atoms with Gasteiger partial charge in [-0.3, -0.25) is 24.1 Å². The van der Waals surface area contributed by atoms with Gasteiger partial charge in [0.2, 0.25) is 17.8 Å². The molecule has 2 heterocycles. The van der Waals surface area contributed by atoms with Crippen molar-refractivity contribution in [3.63, 3.8) is 0 Å². The lowest BCUT2D eigenvalue weighted by Crippen LogP contribution is -2.26. The molecule has 0 amide bonds. The predicted octanol–water partition coefficient (Wildman–Crippen LogP) is -2.06. The molecular formula is C13H18N8O7S. The van der Waals surface area contributed by atoms with Crippen LogP contribution in [0.3, 0.4) is 0 Å². The second-order valence-electron chi connectivity index (χ2n) is 5.34. The number of nitrogens with one attached hydrogen (secondary N) is 5. The Bertz CT molecular complexity index is 1080. The van der Waals surface area contributed by atoms with Crippen LogP contribution in [-0.2, 0) is 21.5 Å². The standard InChI is InChI=1S/C13H18N8O7S/c1-2-14-5-7-16-11(15-3-4-29(25,26)27)21-12(17-7)18-8-9(23)19-13(24)20-10(8)28-6-22/h6,14H,2-5H2,1H3,(H,25,26,27)(H2,19,20,23,24)(H2,15,16,17,18,21). The maximum atomic E-state index is 12.0. The van der Waals surface area contributed by atoms with Crippen LogP contribution in [0.1, 0.15) is 12.7 Å².